The molecule has 112 valence electrons. The highest BCUT2D eigenvalue weighted by Crippen LogP contribution is 2.37. The predicted molar refractivity (Wildman–Crippen MR) is 66.6 cm³/mol. The highest BCUT2D eigenvalue weighted by atomic mass is 16.6. The molecule has 0 bridgehead atoms. The zero-order chi connectivity index (χ0) is 14.9. The van der Waals surface area contributed by atoms with Crippen molar-refractivity contribution in [2.75, 3.05) is 18.9 Å². The lowest BCUT2D eigenvalue weighted by atomic mass is 9.99. The van der Waals surface area contributed by atoms with E-state index < -0.39 is 42.9 Å². The van der Waals surface area contributed by atoms with Gasteiger partial charge >= 0.3 is 5.69 Å². The van der Waals surface area contributed by atoms with Crippen LogP contribution in [0.4, 0.5) is 5.82 Å². The van der Waals surface area contributed by atoms with Gasteiger partial charge in [0, 0.05) is 19.2 Å². The van der Waals surface area contributed by atoms with Gasteiger partial charge in [0.15, 0.2) is 5.72 Å². The zero-order valence-corrected chi connectivity index (χ0v) is 10.6. The maximum atomic E-state index is 11.9. The molecule has 9 heteroatoms. The quantitative estimate of drug-likeness (QED) is 0.392. The van der Waals surface area contributed by atoms with Gasteiger partial charge in [0.05, 0.1) is 6.61 Å². The summed E-state index contributed by atoms with van der Waals surface area (Å²) in [7, 11) is 0. The highest BCUT2D eigenvalue weighted by molar-refractivity contribution is 5.24. The van der Waals surface area contributed by atoms with Crippen molar-refractivity contribution in [3.63, 3.8) is 0 Å². The molecule has 1 aromatic rings. The van der Waals surface area contributed by atoms with Crippen LogP contribution in [0.15, 0.2) is 17.1 Å². The van der Waals surface area contributed by atoms with E-state index in [1.807, 2.05) is 0 Å². The monoisotopic (exact) mass is 287 g/mol. The molecular weight excluding hydrogens is 270 g/mol. The van der Waals surface area contributed by atoms with E-state index >= 15 is 0 Å². The lowest BCUT2D eigenvalue weighted by Gasteiger charge is -2.33. The number of nitrogens with zero attached hydrogens (tertiary/aromatic N) is 2. The molecule has 20 heavy (non-hydrogen) atoms. The van der Waals surface area contributed by atoms with E-state index in [1.54, 1.807) is 0 Å². The molecule has 2 heterocycles. The van der Waals surface area contributed by atoms with Gasteiger partial charge in [0.2, 0.25) is 0 Å². The summed E-state index contributed by atoms with van der Waals surface area (Å²) in [6.07, 6.45) is -2.87. The van der Waals surface area contributed by atoms with Crippen LogP contribution in [0.1, 0.15) is 6.42 Å². The van der Waals surface area contributed by atoms with Gasteiger partial charge in [-0.15, -0.1) is 0 Å². The number of aromatic nitrogens is 2. The van der Waals surface area contributed by atoms with Gasteiger partial charge in [0.25, 0.3) is 0 Å². The number of nitrogens with two attached hydrogens (primary N) is 1. The largest absolute Gasteiger partial charge is 0.396 e. The Kier molecular flexibility index (Phi) is 4.06. The molecule has 0 radical (unpaired) electrons. The highest BCUT2D eigenvalue weighted by Gasteiger charge is 2.55. The standard InChI is InChI=1S/C11H17N3O6/c12-7-1-3-14(10(19)13-7)11(2-4-15)9(18)8(17)6(5-16)20-11/h1,3,6,8-9,15-18H,2,4-5H2,(H2,12,13,19)/t6-,8-,9-,11-/m1/s1. The van der Waals surface area contributed by atoms with E-state index in [1.165, 1.54) is 12.3 Å². The number of aliphatic hydroxyl groups excluding tert-OH is 4. The predicted octanol–water partition coefficient (Wildman–Crippen LogP) is -3.03. The third-order valence-electron chi connectivity index (χ3n) is 3.40. The fraction of sp³-hybridized carbons (Fsp3) is 0.636. The topological polar surface area (TPSA) is 151 Å². The molecular formula is C11H17N3O6. The Morgan fingerprint density at radius 2 is 2.15 bits per heavy atom. The maximum absolute atomic E-state index is 11.9. The van der Waals surface area contributed by atoms with Crippen molar-refractivity contribution in [3.8, 4) is 0 Å². The Balaban J connectivity index is 2.53. The fourth-order valence-corrected chi connectivity index (χ4v) is 2.41. The first kappa shape index (κ1) is 14.9. The molecule has 0 unspecified atom stereocenters. The second-order valence-electron chi connectivity index (χ2n) is 4.60. The Morgan fingerprint density at radius 1 is 1.45 bits per heavy atom. The van der Waals surface area contributed by atoms with E-state index in [2.05, 4.69) is 4.98 Å². The minimum Gasteiger partial charge on any atom is -0.396 e. The molecule has 1 fully saturated rings. The van der Waals surface area contributed by atoms with Crippen LogP contribution < -0.4 is 11.4 Å². The van der Waals surface area contributed by atoms with E-state index in [-0.39, 0.29) is 12.2 Å². The number of aliphatic hydroxyl groups is 4. The van der Waals surface area contributed by atoms with Crippen LogP contribution in [0.25, 0.3) is 0 Å². The molecule has 1 aliphatic heterocycles. The first-order chi connectivity index (χ1) is 9.46. The molecule has 0 aliphatic carbocycles. The lowest BCUT2D eigenvalue weighted by molar-refractivity contribution is -0.160. The molecule has 0 saturated carbocycles. The van der Waals surface area contributed by atoms with Gasteiger partial charge in [-0.3, -0.25) is 4.57 Å². The number of anilines is 1. The molecule has 4 atom stereocenters. The zero-order valence-electron chi connectivity index (χ0n) is 10.6. The van der Waals surface area contributed by atoms with Crippen LogP contribution in [0.2, 0.25) is 0 Å². The van der Waals surface area contributed by atoms with Crippen molar-refractivity contribution in [3.05, 3.63) is 22.7 Å². The summed E-state index contributed by atoms with van der Waals surface area (Å²) >= 11 is 0. The van der Waals surface area contributed by atoms with Crippen molar-refractivity contribution in [2.45, 2.75) is 30.5 Å². The number of nitrogen functional groups attached to an aromatic ring is 1. The van der Waals surface area contributed by atoms with Crippen LogP contribution >= 0.6 is 0 Å². The van der Waals surface area contributed by atoms with Gasteiger partial charge in [-0.1, -0.05) is 0 Å². The molecule has 0 aromatic carbocycles. The normalized spacial score (nSPS) is 33.5. The van der Waals surface area contributed by atoms with Crippen molar-refractivity contribution in [1.29, 1.82) is 0 Å². The number of rotatable bonds is 4. The van der Waals surface area contributed by atoms with Gasteiger partial charge in [-0.2, -0.15) is 4.98 Å². The minimum absolute atomic E-state index is 0.00265. The number of hydrogen-bond donors (Lipinski definition) is 5. The Labute approximate surface area is 113 Å². The van der Waals surface area contributed by atoms with E-state index in [0.29, 0.717) is 0 Å². The average molecular weight is 287 g/mol. The summed E-state index contributed by atoms with van der Waals surface area (Å²) in [5.74, 6) is -0.00265. The third kappa shape index (κ3) is 2.19. The van der Waals surface area contributed by atoms with Crippen LogP contribution in [0.3, 0.4) is 0 Å². The lowest BCUT2D eigenvalue weighted by Crippen LogP contribution is -2.51. The molecule has 2 rings (SSSR count). The third-order valence-corrected chi connectivity index (χ3v) is 3.40. The molecule has 1 aromatic heterocycles. The van der Waals surface area contributed by atoms with E-state index in [0.717, 1.165) is 4.57 Å². The van der Waals surface area contributed by atoms with Crippen LogP contribution in [0.5, 0.6) is 0 Å². The fourth-order valence-electron chi connectivity index (χ4n) is 2.41. The molecule has 9 nitrogen and oxygen atoms in total. The maximum Gasteiger partial charge on any atom is 0.351 e. The number of ether oxygens (including phenoxy) is 1. The van der Waals surface area contributed by atoms with E-state index in [9.17, 15) is 15.0 Å². The van der Waals surface area contributed by atoms with Gasteiger partial charge in [0.1, 0.15) is 24.1 Å². The minimum atomic E-state index is -1.70. The van der Waals surface area contributed by atoms with E-state index in [4.69, 9.17) is 20.7 Å². The summed E-state index contributed by atoms with van der Waals surface area (Å²) in [4.78, 5) is 15.4. The summed E-state index contributed by atoms with van der Waals surface area (Å²) in [5.41, 5.74) is 2.91. The van der Waals surface area contributed by atoms with Gasteiger partial charge in [-0.25, -0.2) is 4.79 Å². The first-order valence-electron chi connectivity index (χ1n) is 6.07. The average Bonchev–Trinajstić information content (AvgIpc) is 2.65. The molecule has 6 N–H and O–H groups in total. The molecule has 1 saturated heterocycles. The van der Waals surface area contributed by atoms with Crippen molar-refractivity contribution in [2.24, 2.45) is 0 Å². The van der Waals surface area contributed by atoms with Crippen molar-refractivity contribution >= 4 is 5.82 Å². The number of hydrogen-bond acceptors (Lipinski definition) is 8. The molecule has 1 aliphatic rings. The summed E-state index contributed by atoms with van der Waals surface area (Å²) < 4.78 is 6.40. The summed E-state index contributed by atoms with van der Waals surface area (Å²) in [6.45, 7) is -0.943. The van der Waals surface area contributed by atoms with Crippen LogP contribution in [0, 0.1) is 0 Å². The van der Waals surface area contributed by atoms with Crippen molar-refractivity contribution < 1.29 is 25.2 Å². The van der Waals surface area contributed by atoms with Crippen molar-refractivity contribution in [1.82, 2.24) is 9.55 Å². The van der Waals surface area contributed by atoms with Crippen LogP contribution in [-0.4, -0.2) is 61.5 Å². The van der Waals surface area contributed by atoms with Crippen LogP contribution in [-0.2, 0) is 10.5 Å². The Hall–Kier alpha value is -1.52. The Bertz CT molecular complexity index is 535. The second-order valence-corrected chi connectivity index (χ2v) is 4.60. The smallest absolute Gasteiger partial charge is 0.351 e. The molecule has 0 spiro atoms. The SMILES string of the molecule is Nc1ccn([C@]2(CCO)O[C@H](CO)[C@@H](O)[C@H]2O)c(=O)n1. The second kappa shape index (κ2) is 5.46. The molecule has 0 amide bonds. The van der Waals surface area contributed by atoms with Gasteiger partial charge in [-0.05, 0) is 6.07 Å². The summed E-state index contributed by atoms with van der Waals surface area (Å²) in [6, 6.07) is 1.33. The van der Waals surface area contributed by atoms with Gasteiger partial charge < -0.3 is 30.9 Å². The Morgan fingerprint density at radius 3 is 2.65 bits per heavy atom. The first-order valence-corrected chi connectivity index (χ1v) is 6.07. The summed E-state index contributed by atoms with van der Waals surface area (Å²) in [5, 5.41) is 38.3.